The third-order valence-corrected chi connectivity index (χ3v) is 5.03. The van der Waals surface area contributed by atoms with Gasteiger partial charge >= 0.3 is 0 Å². The zero-order chi connectivity index (χ0) is 19.1. The van der Waals surface area contributed by atoms with Crippen LogP contribution < -0.4 is 0 Å². The van der Waals surface area contributed by atoms with Gasteiger partial charge in [-0.05, 0) is 24.2 Å². The van der Waals surface area contributed by atoms with E-state index in [4.69, 9.17) is 9.84 Å². The third kappa shape index (κ3) is 15.8. The molecule has 4 nitrogen and oxygen atoms in total. The maximum atomic E-state index is 9.45. The number of ether oxygens (including phenoxy) is 1. The predicted octanol–water partition coefficient (Wildman–Crippen LogP) is 4.16. The van der Waals surface area contributed by atoms with Crippen LogP contribution in [0.1, 0.15) is 85.5 Å². The van der Waals surface area contributed by atoms with E-state index in [1.54, 1.807) is 0 Å². The number of aliphatic hydroxyl groups is 3. The van der Waals surface area contributed by atoms with Crippen LogP contribution in [0.25, 0.3) is 0 Å². The molecule has 3 N–H and O–H groups in total. The highest BCUT2D eigenvalue weighted by Gasteiger charge is 2.14. The molecule has 0 spiro atoms. The van der Waals surface area contributed by atoms with Gasteiger partial charge in [-0.3, -0.25) is 0 Å². The molecule has 0 aromatic heterocycles. The van der Waals surface area contributed by atoms with Crippen LogP contribution in [-0.4, -0.2) is 47.3 Å². The van der Waals surface area contributed by atoms with Gasteiger partial charge in [0.15, 0.2) is 0 Å². The molecule has 0 saturated carbocycles. The number of hydrogen-bond donors (Lipinski definition) is 3. The van der Waals surface area contributed by atoms with E-state index in [1.807, 2.05) is 0 Å². The number of unbranched alkanes of at least 4 members (excludes halogenated alkanes) is 1. The third-order valence-electron chi connectivity index (χ3n) is 5.03. The van der Waals surface area contributed by atoms with Gasteiger partial charge in [-0.25, -0.2) is 0 Å². The standard InChI is InChI=1S/C21H44O4/c1-17(2)9-7-11-19(4)13-8-12-18(3)10-5-6-14-25-16-21(24)20(23)15-22/h17-24H,5-16H2,1-4H3/t18?,19?,20-,21+/m1/s1. The fourth-order valence-corrected chi connectivity index (χ4v) is 3.11. The van der Waals surface area contributed by atoms with E-state index in [2.05, 4.69) is 27.7 Å². The van der Waals surface area contributed by atoms with Crippen LogP contribution in [0.3, 0.4) is 0 Å². The molecule has 0 aliphatic rings. The first kappa shape index (κ1) is 24.8. The summed E-state index contributed by atoms with van der Waals surface area (Å²) in [7, 11) is 0. The molecule has 0 aromatic carbocycles. The highest BCUT2D eigenvalue weighted by molar-refractivity contribution is 4.64. The van der Waals surface area contributed by atoms with Crippen molar-refractivity contribution in [3.63, 3.8) is 0 Å². The Kier molecular flexibility index (Phi) is 15.9. The molecule has 0 aromatic rings. The molecule has 0 heterocycles. The normalized spacial score (nSPS) is 16.8. The number of aliphatic hydroxyl groups excluding tert-OH is 3. The number of hydrogen-bond acceptors (Lipinski definition) is 4. The van der Waals surface area contributed by atoms with E-state index in [1.165, 1.54) is 44.9 Å². The summed E-state index contributed by atoms with van der Waals surface area (Å²) >= 11 is 0. The summed E-state index contributed by atoms with van der Waals surface area (Å²) in [6, 6.07) is 0. The van der Waals surface area contributed by atoms with Gasteiger partial charge in [0.05, 0.1) is 13.2 Å². The highest BCUT2D eigenvalue weighted by Crippen LogP contribution is 2.21. The Labute approximate surface area is 156 Å². The summed E-state index contributed by atoms with van der Waals surface area (Å²) in [6.45, 7) is 9.60. The molecule has 0 saturated heterocycles. The molecule has 0 bridgehead atoms. The van der Waals surface area contributed by atoms with Gasteiger partial charge < -0.3 is 20.1 Å². The fraction of sp³-hybridized carbons (Fsp3) is 1.00. The minimum Gasteiger partial charge on any atom is -0.394 e. The molecule has 0 aliphatic heterocycles. The van der Waals surface area contributed by atoms with E-state index in [-0.39, 0.29) is 6.61 Å². The van der Waals surface area contributed by atoms with Crippen molar-refractivity contribution in [1.82, 2.24) is 0 Å². The SMILES string of the molecule is CC(C)CCCC(C)CCCC(C)CCCCOC[C@H](O)[C@H](O)CO. The van der Waals surface area contributed by atoms with Gasteiger partial charge in [-0.15, -0.1) is 0 Å². The van der Waals surface area contributed by atoms with E-state index >= 15 is 0 Å². The Hall–Kier alpha value is -0.160. The van der Waals surface area contributed by atoms with Crippen LogP contribution in [0, 0.1) is 17.8 Å². The number of rotatable bonds is 17. The van der Waals surface area contributed by atoms with Crippen molar-refractivity contribution >= 4 is 0 Å². The maximum absolute atomic E-state index is 9.45. The Bertz CT molecular complexity index is 283. The molecule has 4 atom stereocenters. The van der Waals surface area contributed by atoms with Gasteiger partial charge in [0.25, 0.3) is 0 Å². The van der Waals surface area contributed by atoms with Crippen LogP contribution in [0.15, 0.2) is 0 Å². The molecule has 152 valence electrons. The monoisotopic (exact) mass is 360 g/mol. The topological polar surface area (TPSA) is 69.9 Å². The van der Waals surface area contributed by atoms with E-state index in [0.717, 1.165) is 30.6 Å². The molecular weight excluding hydrogens is 316 g/mol. The van der Waals surface area contributed by atoms with Crippen molar-refractivity contribution in [3.05, 3.63) is 0 Å². The second kappa shape index (κ2) is 16.0. The molecule has 0 aliphatic carbocycles. The maximum Gasteiger partial charge on any atom is 0.105 e. The lowest BCUT2D eigenvalue weighted by atomic mass is 9.92. The lowest BCUT2D eigenvalue weighted by molar-refractivity contribution is -0.0571. The van der Waals surface area contributed by atoms with Crippen molar-refractivity contribution in [2.75, 3.05) is 19.8 Å². The second-order valence-electron chi connectivity index (χ2n) is 8.35. The molecule has 0 rings (SSSR count). The van der Waals surface area contributed by atoms with Crippen molar-refractivity contribution in [3.8, 4) is 0 Å². The Morgan fingerprint density at radius 1 is 0.680 bits per heavy atom. The molecule has 4 heteroatoms. The van der Waals surface area contributed by atoms with Crippen molar-refractivity contribution in [1.29, 1.82) is 0 Å². The zero-order valence-electron chi connectivity index (χ0n) is 17.1. The Morgan fingerprint density at radius 3 is 1.72 bits per heavy atom. The summed E-state index contributed by atoms with van der Waals surface area (Å²) in [4.78, 5) is 0. The summed E-state index contributed by atoms with van der Waals surface area (Å²) in [5.41, 5.74) is 0. The summed E-state index contributed by atoms with van der Waals surface area (Å²) < 4.78 is 5.35. The molecule has 0 radical (unpaired) electrons. The second-order valence-corrected chi connectivity index (χ2v) is 8.35. The molecular formula is C21H44O4. The fourth-order valence-electron chi connectivity index (χ4n) is 3.11. The average molecular weight is 361 g/mol. The van der Waals surface area contributed by atoms with Gasteiger partial charge in [0, 0.05) is 6.61 Å². The average Bonchev–Trinajstić information content (AvgIpc) is 2.56. The first-order chi connectivity index (χ1) is 11.9. The molecule has 0 fully saturated rings. The largest absolute Gasteiger partial charge is 0.394 e. The van der Waals surface area contributed by atoms with E-state index in [9.17, 15) is 10.2 Å². The van der Waals surface area contributed by atoms with Gasteiger partial charge in [0.1, 0.15) is 12.2 Å². The van der Waals surface area contributed by atoms with Crippen LogP contribution in [-0.2, 0) is 4.74 Å². The minimum atomic E-state index is -1.10. The summed E-state index contributed by atoms with van der Waals surface area (Å²) in [5.74, 6) is 2.46. The van der Waals surface area contributed by atoms with E-state index in [0.29, 0.717) is 6.61 Å². The predicted molar refractivity (Wildman–Crippen MR) is 105 cm³/mol. The minimum absolute atomic E-state index is 0.0893. The Balaban J connectivity index is 3.45. The Morgan fingerprint density at radius 2 is 1.20 bits per heavy atom. The lowest BCUT2D eigenvalue weighted by Crippen LogP contribution is -2.33. The van der Waals surface area contributed by atoms with Crippen LogP contribution in [0.2, 0.25) is 0 Å². The molecule has 25 heavy (non-hydrogen) atoms. The van der Waals surface area contributed by atoms with Crippen molar-refractivity contribution in [2.45, 2.75) is 97.7 Å². The van der Waals surface area contributed by atoms with Gasteiger partial charge in [-0.2, -0.15) is 0 Å². The van der Waals surface area contributed by atoms with Crippen molar-refractivity contribution in [2.24, 2.45) is 17.8 Å². The lowest BCUT2D eigenvalue weighted by Gasteiger charge is -2.16. The highest BCUT2D eigenvalue weighted by atomic mass is 16.5. The quantitative estimate of drug-likeness (QED) is 0.341. The molecule has 0 amide bonds. The van der Waals surface area contributed by atoms with Crippen LogP contribution in [0.5, 0.6) is 0 Å². The van der Waals surface area contributed by atoms with E-state index < -0.39 is 18.8 Å². The first-order valence-corrected chi connectivity index (χ1v) is 10.4. The smallest absolute Gasteiger partial charge is 0.105 e. The summed E-state index contributed by atoms with van der Waals surface area (Å²) in [6.07, 6.45) is 9.38. The van der Waals surface area contributed by atoms with Gasteiger partial charge in [-0.1, -0.05) is 79.1 Å². The summed E-state index contributed by atoms with van der Waals surface area (Å²) in [5, 5.41) is 27.4. The first-order valence-electron chi connectivity index (χ1n) is 10.4. The van der Waals surface area contributed by atoms with Crippen LogP contribution in [0.4, 0.5) is 0 Å². The zero-order valence-corrected chi connectivity index (χ0v) is 17.1. The van der Waals surface area contributed by atoms with Crippen LogP contribution >= 0.6 is 0 Å². The van der Waals surface area contributed by atoms with Gasteiger partial charge in [0.2, 0.25) is 0 Å². The molecule has 2 unspecified atom stereocenters. The van der Waals surface area contributed by atoms with Crippen molar-refractivity contribution < 1.29 is 20.1 Å².